The number of benzene rings is 1. The van der Waals surface area contributed by atoms with E-state index in [9.17, 15) is 19.5 Å². The summed E-state index contributed by atoms with van der Waals surface area (Å²) < 4.78 is 24.1. The van der Waals surface area contributed by atoms with Crippen LogP contribution in [0.25, 0.3) is 11.6 Å². The second-order valence-corrected chi connectivity index (χ2v) is 10.3. The Hall–Kier alpha value is -4.64. The largest absolute Gasteiger partial charge is 0.497 e. The molecular formula is C30H28N2O8S. The lowest BCUT2D eigenvalue weighted by molar-refractivity contribution is -0.139. The van der Waals surface area contributed by atoms with Crippen molar-refractivity contribution >= 4 is 34.9 Å². The van der Waals surface area contributed by atoms with Crippen molar-refractivity contribution in [2.24, 2.45) is 4.99 Å². The number of carbonyl (C=O) groups excluding carboxylic acids is 1. The number of carbonyl (C=O) groups is 2. The molecule has 1 aliphatic heterocycles. The van der Waals surface area contributed by atoms with Crippen molar-refractivity contribution in [3.63, 3.8) is 0 Å². The number of furan rings is 1. The average molecular weight is 577 g/mol. The van der Waals surface area contributed by atoms with E-state index in [1.165, 1.54) is 18.8 Å². The molecule has 0 saturated heterocycles. The summed E-state index contributed by atoms with van der Waals surface area (Å²) in [5, 5.41) is 9.60. The van der Waals surface area contributed by atoms with Gasteiger partial charge in [-0.1, -0.05) is 23.5 Å². The van der Waals surface area contributed by atoms with Crippen LogP contribution in [-0.4, -0.2) is 42.4 Å². The second-order valence-electron chi connectivity index (χ2n) is 9.25. The van der Waals surface area contributed by atoms with Gasteiger partial charge in [-0.15, -0.1) is 0 Å². The standard InChI is InChI=1S/C30H28N2O8S/c1-5-39-29(36)25-16(2)31-30-32(26(25)21-14-17(37-3)10-12-22(21)38-4)27(33)24(41-30)15-18-11-13-23(40-18)19-8-6-7-9-20(19)28(34)35/h6,8,10-15,26H,5,7,9H2,1-4H3,(H,34,35)/b24-15-. The number of fused-ring (bicyclic) bond motifs is 1. The number of hydrogen-bond donors (Lipinski definition) is 1. The van der Waals surface area contributed by atoms with Gasteiger partial charge in [0, 0.05) is 22.8 Å². The zero-order chi connectivity index (χ0) is 29.3. The van der Waals surface area contributed by atoms with Crippen molar-refractivity contribution in [2.45, 2.75) is 32.7 Å². The molecule has 0 amide bonds. The number of allylic oxidation sites excluding steroid dienone is 4. The third-order valence-corrected chi connectivity index (χ3v) is 7.83. The molecule has 0 radical (unpaired) electrons. The minimum atomic E-state index is -0.989. The number of aliphatic carboxylic acids is 1. The topological polar surface area (TPSA) is 130 Å². The first-order valence-electron chi connectivity index (χ1n) is 12.9. The highest BCUT2D eigenvalue weighted by atomic mass is 32.1. The van der Waals surface area contributed by atoms with Crippen molar-refractivity contribution in [1.82, 2.24) is 4.57 Å². The number of esters is 1. The quantitative estimate of drug-likeness (QED) is 0.403. The highest BCUT2D eigenvalue weighted by Crippen LogP contribution is 2.38. The maximum Gasteiger partial charge on any atom is 0.338 e. The molecule has 10 nitrogen and oxygen atoms in total. The summed E-state index contributed by atoms with van der Waals surface area (Å²) >= 11 is 1.15. The summed E-state index contributed by atoms with van der Waals surface area (Å²) in [6.45, 7) is 3.56. The molecule has 1 N–H and O–H groups in total. The van der Waals surface area contributed by atoms with Gasteiger partial charge in [0.25, 0.3) is 5.56 Å². The first-order chi connectivity index (χ1) is 19.8. The molecular weight excluding hydrogens is 548 g/mol. The predicted octanol–water partition coefficient (Wildman–Crippen LogP) is 3.60. The fourth-order valence-electron chi connectivity index (χ4n) is 4.96. The van der Waals surface area contributed by atoms with Crippen LogP contribution in [0, 0.1) is 0 Å². The van der Waals surface area contributed by atoms with E-state index < -0.39 is 18.0 Å². The molecule has 41 heavy (non-hydrogen) atoms. The van der Waals surface area contributed by atoms with Gasteiger partial charge in [0.05, 0.1) is 36.6 Å². The van der Waals surface area contributed by atoms with Crippen LogP contribution in [0.5, 0.6) is 11.5 Å². The molecule has 3 aromatic rings. The van der Waals surface area contributed by atoms with E-state index in [1.54, 1.807) is 56.3 Å². The Kier molecular flexibility index (Phi) is 7.80. The normalized spacial score (nSPS) is 16.9. The van der Waals surface area contributed by atoms with Crippen LogP contribution in [0.4, 0.5) is 0 Å². The van der Waals surface area contributed by atoms with E-state index in [-0.39, 0.29) is 23.3 Å². The molecule has 212 valence electrons. The van der Waals surface area contributed by atoms with Crippen LogP contribution >= 0.6 is 11.3 Å². The third-order valence-electron chi connectivity index (χ3n) is 6.84. The number of thiazole rings is 1. The summed E-state index contributed by atoms with van der Waals surface area (Å²) in [5.74, 6) is 0.180. The van der Waals surface area contributed by atoms with Crippen LogP contribution in [0.1, 0.15) is 49.8 Å². The first kappa shape index (κ1) is 27.9. The maximum absolute atomic E-state index is 13.9. The molecule has 1 unspecified atom stereocenters. The molecule has 0 bridgehead atoms. The van der Waals surface area contributed by atoms with Crippen molar-refractivity contribution < 1.29 is 33.3 Å². The highest BCUT2D eigenvalue weighted by Gasteiger charge is 2.35. The Morgan fingerprint density at radius 2 is 2.02 bits per heavy atom. The lowest BCUT2D eigenvalue weighted by atomic mass is 9.95. The van der Waals surface area contributed by atoms with Gasteiger partial charge in [0.1, 0.15) is 29.1 Å². The number of hydrogen-bond acceptors (Lipinski definition) is 9. The van der Waals surface area contributed by atoms with Gasteiger partial charge in [-0.25, -0.2) is 14.6 Å². The second kappa shape index (κ2) is 11.5. The molecule has 11 heteroatoms. The lowest BCUT2D eigenvalue weighted by Crippen LogP contribution is -2.40. The molecule has 2 aliphatic rings. The number of rotatable bonds is 8. The summed E-state index contributed by atoms with van der Waals surface area (Å²) in [4.78, 5) is 43.8. The van der Waals surface area contributed by atoms with Gasteiger partial charge in [-0.05, 0) is 57.0 Å². The SMILES string of the molecule is CCOC(=O)C1=C(C)N=c2s/c(=C\c3ccc(C4=C(C(=O)O)CCC=C4)o3)c(=O)n2C1c1cc(OC)ccc1OC. The zero-order valence-electron chi connectivity index (χ0n) is 22.9. The lowest BCUT2D eigenvalue weighted by Gasteiger charge is -2.26. The van der Waals surface area contributed by atoms with Gasteiger partial charge in [-0.2, -0.15) is 0 Å². The Labute approximate surface area is 238 Å². The van der Waals surface area contributed by atoms with E-state index in [4.69, 9.17) is 18.6 Å². The van der Waals surface area contributed by atoms with Gasteiger partial charge in [0.2, 0.25) is 0 Å². The van der Waals surface area contributed by atoms with E-state index in [2.05, 4.69) is 4.99 Å². The molecule has 1 aromatic carbocycles. The minimum Gasteiger partial charge on any atom is -0.497 e. The minimum absolute atomic E-state index is 0.151. The number of ether oxygens (including phenoxy) is 3. The number of nitrogens with zero attached hydrogens (tertiary/aromatic N) is 2. The molecule has 0 saturated carbocycles. The average Bonchev–Trinajstić information content (AvgIpc) is 3.56. The maximum atomic E-state index is 13.9. The van der Waals surface area contributed by atoms with Crippen LogP contribution < -0.4 is 24.4 Å². The van der Waals surface area contributed by atoms with Crippen molar-refractivity contribution in [2.75, 3.05) is 20.8 Å². The molecule has 2 aromatic heterocycles. The van der Waals surface area contributed by atoms with Gasteiger partial charge >= 0.3 is 11.9 Å². The van der Waals surface area contributed by atoms with Crippen molar-refractivity contribution in [3.8, 4) is 11.5 Å². The van der Waals surface area contributed by atoms with Crippen LogP contribution in [0.15, 0.2) is 73.5 Å². The Bertz CT molecular complexity index is 1820. The fraction of sp³-hybridized carbons (Fsp3) is 0.267. The van der Waals surface area contributed by atoms with Gasteiger partial charge in [0.15, 0.2) is 4.80 Å². The fourth-order valence-corrected chi connectivity index (χ4v) is 5.99. The van der Waals surface area contributed by atoms with Crippen molar-refractivity contribution in [3.05, 3.63) is 96.1 Å². The third kappa shape index (κ3) is 5.16. The Morgan fingerprint density at radius 3 is 2.73 bits per heavy atom. The molecule has 1 aliphatic carbocycles. The number of carboxylic acids is 1. The highest BCUT2D eigenvalue weighted by molar-refractivity contribution is 7.07. The molecule has 5 rings (SSSR count). The molecule has 0 spiro atoms. The Balaban J connectivity index is 1.68. The predicted molar refractivity (Wildman–Crippen MR) is 152 cm³/mol. The first-order valence-corrected chi connectivity index (χ1v) is 13.7. The van der Waals surface area contributed by atoms with Crippen molar-refractivity contribution in [1.29, 1.82) is 0 Å². The van der Waals surface area contributed by atoms with E-state index >= 15 is 0 Å². The summed E-state index contributed by atoms with van der Waals surface area (Å²) in [6.07, 6.45) is 6.28. The summed E-state index contributed by atoms with van der Waals surface area (Å²) in [6, 6.07) is 7.65. The smallest absolute Gasteiger partial charge is 0.338 e. The van der Waals surface area contributed by atoms with Gasteiger partial charge in [-0.3, -0.25) is 9.36 Å². The van der Waals surface area contributed by atoms with Crippen LogP contribution in [0.2, 0.25) is 0 Å². The summed E-state index contributed by atoms with van der Waals surface area (Å²) in [5.41, 5.74) is 1.57. The number of methoxy groups -OCH3 is 2. The van der Waals surface area contributed by atoms with Crippen LogP contribution in [0.3, 0.4) is 0 Å². The van der Waals surface area contributed by atoms with Gasteiger partial charge < -0.3 is 23.7 Å². The Morgan fingerprint density at radius 1 is 1.22 bits per heavy atom. The molecule has 0 fully saturated rings. The van der Waals surface area contributed by atoms with Crippen LogP contribution in [-0.2, 0) is 14.3 Å². The van der Waals surface area contributed by atoms with E-state index in [0.29, 0.717) is 62.0 Å². The zero-order valence-corrected chi connectivity index (χ0v) is 23.7. The van der Waals surface area contributed by atoms with E-state index in [1.807, 2.05) is 6.08 Å². The number of aromatic nitrogens is 1. The number of carboxylic acid groups (broad SMARTS) is 1. The van der Waals surface area contributed by atoms with E-state index in [0.717, 1.165) is 11.3 Å². The monoisotopic (exact) mass is 576 g/mol. The molecule has 1 atom stereocenters. The summed E-state index contributed by atoms with van der Waals surface area (Å²) in [7, 11) is 3.04. The molecule has 3 heterocycles.